The molecule has 0 amide bonds. The van der Waals surface area contributed by atoms with E-state index in [0.717, 1.165) is 21.1 Å². The first-order chi connectivity index (χ1) is 7.99. The number of carbonyl (C=O) groups excluding carboxylic acids is 1. The lowest BCUT2D eigenvalue weighted by Crippen LogP contribution is -2.08. The summed E-state index contributed by atoms with van der Waals surface area (Å²) in [4.78, 5) is 11.4. The standard InChI is InChI=1S/C12H13BrN2O2/c1-7(2)17-12-5-11-9(4-10(12)13)6-14-15(11)8(3)16/h4-7H,1-3H3. The minimum Gasteiger partial charge on any atom is -0.490 e. The van der Waals surface area contributed by atoms with E-state index in [1.165, 1.54) is 11.6 Å². The Bertz CT molecular complexity index is 575. The van der Waals surface area contributed by atoms with Gasteiger partial charge in [0.2, 0.25) is 5.91 Å². The molecule has 0 atom stereocenters. The summed E-state index contributed by atoms with van der Waals surface area (Å²) in [7, 11) is 0. The van der Waals surface area contributed by atoms with Gasteiger partial charge in [0.15, 0.2) is 0 Å². The Kier molecular flexibility index (Phi) is 3.19. The molecule has 0 radical (unpaired) electrons. The van der Waals surface area contributed by atoms with Crippen LogP contribution in [0, 0.1) is 0 Å². The molecule has 5 heteroatoms. The fraction of sp³-hybridized carbons (Fsp3) is 0.333. The zero-order chi connectivity index (χ0) is 12.6. The topological polar surface area (TPSA) is 44.1 Å². The van der Waals surface area contributed by atoms with Crippen LogP contribution in [0.2, 0.25) is 0 Å². The number of aromatic nitrogens is 2. The van der Waals surface area contributed by atoms with Gasteiger partial charge < -0.3 is 4.74 Å². The van der Waals surface area contributed by atoms with Crippen LogP contribution < -0.4 is 4.74 Å². The number of rotatable bonds is 2. The third kappa shape index (κ3) is 2.34. The Morgan fingerprint density at radius 3 is 2.76 bits per heavy atom. The van der Waals surface area contributed by atoms with E-state index in [4.69, 9.17) is 4.74 Å². The number of carbonyl (C=O) groups is 1. The van der Waals surface area contributed by atoms with Gasteiger partial charge in [-0.25, -0.2) is 4.68 Å². The zero-order valence-corrected chi connectivity index (χ0v) is 11.5. The van der Waals surface area contributed by atoms with Crippen LogP contribution in [0.1, 0.15) is 25.6 Å². The summed E-state index contributed by atoms with van der Waals surface area (Å²) in [5.74, 6) is 0.605. The normalized spacial score (nSPS) is 11.1. The number of halogens is 1. The van der Waals surface area contributed by atoms with Crippen molar-refractivity contribution < 1.29 is 9.53 Å². The Morgan fingerprint density at radius 2 is 2.18 bits per heavy atom. The van der Waals surface area contributed by atoms with Crippen molar-refractivity contribution in [1.82, 2.24) is 9.78 Å². The summed E-state index contributed by atoms with van der Waals surface area (Å²) in [5, 5.41) is 4.95. The average Bonchev–Trinajstić information content (AvgIpc) is 2.60. The van der Waals surface area contributed by atoms with Gasteiger partial charge in [-0.1, -0.05) is 0 Å². The number of hydrogen-bond donors (Lipinski definition) is 0. The predicted molar refractivity (Wildman–Crippen MR) is 69.5 cm³/mol. The molecule has 0 unspecified atom stereocenters. The van der Waals surface area contributed by atoms with Crippen LogP contribution in [0.4, 0.5) is 0 Å². The quantitative estimate of drug-likeness (QED) is 0.854. The van der Waals surface area contributed by atoms with E-state index in [9.17, 15) is 4.79 Å². The zero-order valence-electron chi connectivity index (χ0n) is 9.90. The van der Waals surface area contributed by atoms with Crippen LogP contribution in [-0.4, -0.2) is 21.8 Å². The van der Waals surface area contributed by atoms with Gasteiger partial charge in [0.05, 0.1) is 22.3 Å². The highest BCUT2D eigenvalue weighted by atomic mass is 79.9. The molecule has 17 heavy (non-hydrogen) atoms. The highest BCUT2D eigenvalue weighted by Crippen LogP contribution is 2.31. The fourth-order valence-electron chi connectivity index (χ4n) is 1.62. The van der Waals surface area contributed by atoms with Crippen LogP contribution in [0.15, 0.2) is 22.8 Å². The lowest BCUT2D eigenvalue weighted by molar-refractivity contribution is 0.0927. The minimum absolute atomic E-state index is 0.0810. The van der Waals surface area contributed by atoms with E-state index in [-0.39, 0.29) is 12.0 Å². The second-order valence-electron chi connectivity index (χ2n) is 4.08. The maximum atomic E-state index is 11.4. The van der Waals surface area contributed by atoms with Crippen LogP contribution in [0.25, 0.3) is 10.9 Å². The molecule has 0 aliphatic heterocycles. The van der Waals surface area contributed by atoms with Gasteiger partial charge in [0, 0.05) is 18.4 Å². The van der Waals surface area contributed by atoms with E-state index in [2.05, 4.69) is 21.0 Å². The molecular formula is C12H13BrN2O2. The highest BCUT2D eigenvalue weighted by Gasteiger charge is 2.11. The van der Waals surface area contributed by atoms with Gasteiger partial charge >= 0.3 is 0 Å². The molecule has 0 fully saturated rings. The van der Waals surface area contributed by atoms with Crippen LogP contribution in [0.3, 0.4) is 0 Å². The molecule has 0 aliphatic rings. The molecule has 90 valence electrons. The number of benzene rings is 1. The first kappa shape index (κ1) is 12.1. The van der Waals surface area contributed by atoms with E-state index >= 15 is 0 Å². The Morgan fingerprint density at radius 1 is 1.47 bits per heavy atom. The van der Waals surface area contributed by atoms with Gasteiger partial charge in [-0.2, -0.15) is 5.10 Å². The van der Waals surface area contributed by atoms with Gasteiger partial charge in [-0.05, 0) is 35.8 Å². The first-order valence-corrected chi connectivity index (χ1v) is 6.13. The Labute approximate surface area is 108 Å². The molecule has 0 N–H and O–H groups in total. The predicted octanol–water partition coefficient (Wildman–Crippen LogP) is 3.25. The van der Waals surface area contributed by atoms with Crippen molar-refractivity contribution in [2.24, 2.45) is 0 Å². The molecule has 0 saturated carbocycles. The van der Waals surface area contributed by atoms with E-state index in [1.807, 2.05) is 26.0 Å². The second-order valence-corrected chi connectivity index (χ2v) is 4.94. The minimum atomic E-state index is -0.113. The number of hydrogen-bond acceptors (Lipinski definition) is 3. The summed E-state index contributed by atoms with van der Waals surface area (Å²) in [6.07, 6.45) is 1.75. The van der Waals surface area contributed by atoms with Gasteiger partial charge in [-0.3, -0.25) is 4.79 Å². The number of ether oxygens (including phenoxy) is 1. The summed E-state index contributed by atoms with van der Waals surface area (Å²) >= 11 is 3.45. The largest absolute Gasteiger partial charge is 0.490 e. The maximum Gasteiger partial charge on any atom is 0.244 e. The third-order valence-electron chi connectivity index (χ3n) is 2.28. The molecule has 1 aromatic heterocycles. The summed E-state index contributed by atoms with van der Waals surface area (Å²) in [6, 6.07) is 3.73. The molecule has 0 bridgehead atoms. The van der Waals surface area contributed by atoms with E-state index < -0.39 is 0 Å². The molecule has 4 nitrogen and oxygen atoms in total. The Hall–Kier alpha value is -1.36. The van der Waals surface area contributed by atoms with Crippen molar-refractivity contribution in [3.05, 3.63) is 22.8 Å². The SMILES string of the molecule is CC(=O)n1ncc2cc(Br)c(OC(C)C)cc21. The molecule has 0 aliphatic carbocycles. The molecule has 0 saturated heterocycles. The highest BCUT2D eigenvalue weighted by molar-refractivity contribution is 9.10. The van der Waals surface area contributed by atoms with Crippen molar-refractivity contribution in [3.63, 3.8) is 0 Å². The van der Waals surface area contributed by atoms with Gasteiger partial charge in [0.1, 0.15) is 5.75 Å². The van der Waals surface area contributed by atoms with Crippen molar-refractivity contribution in [2.75, 3.05) is 0 Å². The lowest BCUT2D eigenvalue weighted by Gasteiger charge is -2.11. The maximum absolute atomic E-state index is 11.4. The van der Waals surface area contributed by atoms with Crippen molar-refractivity contribution in [3.8, 4) is 5.75 Å². The number of nitrogens with zero attached hydrogens (tertiary/aromatic N) is 2. The van der Waals surface area contributed by atoms with Crippen LogP contribution in [0.5, 0.6) is 5.75 Å². The molecule has 2 rings (SSSR count). The smallest absolute Gasteiger partial charge is 0.244 e. The molecule has 0 spiro atoms. The Balaban J connectivity index is 2.59. The van der Waals surface area contributed by atoms with Gasteiger partial charge in [-0.15, -0.1) is 0 Å². The van der Waals surface area contributed by atoms with Crippen LogP contribution >= 0.6 is 15.9 Å². The summed E-state index contributed by atoms with van der Waals surface area (Å²) in [6.45, 7) is 5.40. The van der Waals surface area contributed by atoms with Crippen LogP contribution in [-0.2, 0) is 0 Å². The second kappa shape index (κ2) is 4.49. The first-order valence-electron chi connectivity index (χ1n) is 5.34. The van der Waals surface area contributed by atoms with E-state index in [1.54, 1.807) is 6.20 Å². The van der Waals surface area contributed by atoms with Crippen molar-refractivity contribution in [1.29, 1.82) is 0 Å². The average molecular weight is 297 g/mol. The van der Waals surface area contributed by atoms with Gasteiger partial charge in [0.25, 0.3) is 0 Å². The third-order valence-corrected chi connectivity index (χ3v) is 2.90. The monoisotopic (exact) mass is 296 g/mol. The lowest BCUT2D eigenvalue weighted by atomic mass is 10.2. The van der Waals surface area contributed by atoms with Crippen molar-refractivity contribution >= 4 is 32.7 Å². The molecule has 1 aromatic carbocycles. The molecule has 2 aromatic rings. The molecular weight excluding hydrogens is 284 g/mol. The summed E-state index contributed by atoms with van der Waals surface area (Å²) < 4.78 is 7.89. The number of fused-ring (bicyclic) bond motifs is 1. The van der Waals surface area contributed by atoms with E-state index in [0.29, 0.717) is 0 Å². The molecule has 1 heterocycles. The fourth-order valence-corrected chi connectivity index (χ4v) is 2.08. The summed E-state index contributed by atoms with van der Waals surface area (Å²) in [5.41, 5.74) is 0.761. The van der Waals surface area contributed by atoms with Crippen molar-refractivity contribution in [2.45, 2.75) is 26.9 Å².